The van der Waals surface area contributed by atoms with E-state index in [-0.39, 0.29) is 24.2 Å². The lowest BCUT2D eigenvalue weighted by atomic mass is 9.96. The van der Waals surface area contributed by atoms with E-state index in [1.807, 2.05) is 0 Å². The lowest BCUT2D eigenvalue weighted by Crippen LogP contribution is -2.30. The Labute approximate surface area is 186 Å². The Balaban J connectivity index is 1.98. The van der Waals surface area contributed by atoms with Crippen molar-refractivity contribution < 1.29 is 27.8 Å². The van der Waals surface area contributed by atoms with E-state index in [2.05, 4.69) is 0 Å². The molecule has 2 unspecified atom stereocenters. The lowest BCUT2D eigenvalue weighted by Gasteiger charge is -2.21. The summed E-state index contributed by atoms with van der Waals surface area (Å²) in [5.41, 5.74) is 5.51. The number of nitrogens with two attached hydrogens (primary N) is 1. The number of carboxylic acid groups (broad SMARTS) is 1. The van der Waals surface area contributed by atoms with Crippen molar-refractivity contribution in [3.8, 4) is 11.5 Å². The molecule has 0 aliphatic carbocycles. The van der Waals surface area contributed by atoms with Crippen LogP contribution >= 0.6 is 35.0 Å². The highest BCUT2D eigenvalue weighted by molar-refractivity contribution is 7.99. The molecular formula is C20H20Cl2F3NO3S. The van der Waals surface area contributed by atoms with Crippen molar-refractivity contribution in [3.63, 3.8) is 0 Å². The summed E-state index contributed by atoms with van der Waals surface area (Å²) in [5, 5.41) is 9.45. The highest BCUT2D eigenvalue weighted by atomic mass is 35.5. The zero-order chi connectivity index (χ0) is 22.3. The summed E-state index contributed by atoms with van der Waals surface area (Å²) in [6.45, 7) is 0. The molecule has 30 heavy (non-hydrogen) atoms. The third-order valence-electron chi connectivity index (χ3n) is 4.24. The minimum absolute atomic E-state index is 0.125. The van der Waals surface area contributed by atoms with Crippen molar-refractivity contribution in [2.45, 2.75) is 31.0 Å². The first-order valence-electron chi connectivity index (χ1n) is 8.93. The fourth-order valence-electron chi connectivity index (χ4n) is 2.61. The van der Waals surface area contributed by atoms with Crippen molar-refractivity contribution in [1.29, 1.82) is 0 Å². The molecule has 0 amide bonds. The van der Waals surface area contributed by atoms with Gasteiger partial charge < -0.3 is 15.6 Å². The smallest absolute Gasteiger partial charge is 0.395 e. The Hall–Kier alpha value is -1.61. The number of ether oxygens (including phenoxy) is 1. The number of carboxylic acids is 1. The van der Waals surface area contributed by atoms with Crippen molar-refractivity contribution >= 4 is 40.9 Å². The number of hydrogen-bond acceptors (Lipinski definition) is 4. The van der Waals surface area contributed by atoms with Crippen molar-refractivity contribution in [1.82, 2.24) is 0 Å². The van der Waals surface area contributed by atoms with Gasteiger partial charge >= 0.3 is 12.1 Å². The van der Waals surface area contributed by atoms with E-state index < -0.39 is 24.1 Å². The standard InChI is InChI=1S/C20H20Cl2F3NO3S/c21-13-3-6-18(16(22)11-13)29-14-4-1-12(2-5-14)15(20(23,24)25)7-9-30-10-8-17(26)19(27)28/h1-6,11,15,17H,7-10,26H2,(H,27,28). The molecule has 0 bridgehead atoms. The van der Waals surface area contributed by atoms with Gasteiger partial charge in [-0.3, -0.25) is 4.79 Å². The van der Waals surface area contributed by atoms with Gasteiger partial charge in [-0.15, -0.1) is 0 Å². The van der Waals surface area contributed by atoms with Gasteiger partial charge in [-0.2, -0.15) is 24.9 Å². The highest BCUT2D eigenvalue weighted by Crippen LogP contribution is 2.39. The summed E-state index contributed by atoms with van der Waals surface area (Å²) in [4.78, 5) is 10.7. The van der Waals surface area contributed by atoms with Crippen LogP contribution in [0.5, 0.6) is 11.5 Å². The third-order valence-corrected chi connectivity index (χ3v) is 5.82. The van der Waals surface area contributed by atoms with Gasteiger partial charge in [0.25, 0.3) is 0 Å². The van der Waals surface area contributed by atoms with Crippen LogP contribution in [0.1, 0.15) is 24.3 Å². The SMILES string of the molecule is NC(CCSCCC(c1ccc(Oc2ccc(Cl)cc2Cl)cc1)C(F)(F)F)C(=O)O. The van der Waals surface area contributed by atoms with Crippen molar-refractivity contribution in [2.24, 2.45) is 5.73 Å². The second kappa shape index (κ2) is 11.1. The van der Waals surface area contributed by atoms with E-state index >= 15 is 0 Å². The summed E-state index contributed by atoms with van der Waals surface area (Å²) in [5.74, 6) is -1.45. The van der Waals surface area contributed by atoms with Crippen LogP contribution in [0, 0.1) is 0 Å². The number of halogens is 5. The molecule has 0 aliphatic heterocycles. The largest absolute Gasteiger partial charge is 0.480 e. The first-order valence-corrected chi connectivity index (χ1v) is 10.8. The summed E-state index contributed by atoms with van der Waals surface area (Å²) in [6.07, 6.45) is -4.32. The zero-order valence-corrected chi connectivity index (χ0v) is 18.0. The molecule has 0 radical (unpaired) electrons. The Morgan fingerprint density at radius 1 is 1.10 bits per heavy atom. The maximum absolute atomic E-state index is 13.5. The quantitative estimate of drug-likeness (QED) is 0.386. The molecule has 164 valence electrons. The molecule has 0 saturated carbocycles. The first kappa shape index (κ1) is 24.7. The number of thioether (sulfide) groups is 1. The predicted octanol–water partition coefficient (Wildman–Crippen LogP) is 6.36. The maximum Gasteiger partial charge on any atom is 0.395 e. The van der Waals surface area contributed by atoms with Gasteiger partial charge in [-0.05, 0) is 60.2 Å². The second-order valence-corrected chi connectivity index (χ2v) is 8.54. The topological polar surface area (TPSA) is 72.5 Å². The first-order chi connectivity index (χ1) is 14.1. The average molecular weight is 482 g/mol. The van der Waals surface area contributed by atoms with Crippen LogP contribution < -0.4 is 10.5 Å². The normalized spacial score (nSPS) is 13.7. The second-order valence-electron chi connectivity index (χ2n) is 6.47. The summed E-state index contributed by atoms with van der Waals surface area (Å²) in [7, 11) is 0. The molecular weight excluding hydrogens is 462 g/mol. The van der Waals surface area contributed by atoms with Crippen LogP contribution in [0.3, 0.4) is 0 Å². The van der Waals surface area contributed by atoms with E-state index in [1.165, 1.54) is 42.1 Å². The van der Waals surface area contributed by atoms with Gasteiger partial charge in [0, 0.05) is 5.02 Å². The Morgan fingerprint density at radius 3 is 2.30 bits per heavy atom. The molecule has 10 heteroatoms. The van der Waals surface area contributed by atoms with Crippen LogP contribution in [0.25, 0.3) is 0 Å². The van der Waals surface area contributed by atoms with E-state index in [0.717, 1.165) is 0 Å². The zero-order valence-electron chi connectivity index (χ0n) is 15.7. The molecule has 2 aromatic carbocycles. The number of aliphatic carboxylic acids is 1. The summed E-state index contributed by atoms with van der Waals surface area (Å²) < 4.78 is 46.2. The van der Waals surface area contributed by atoms with Crippen LogP contribution in [0.2, 0.25) is 10.0 Å². The molecule has 2 aromatic rings. The van der Waals surface area contributed by atoms with Crippen LogP contribution in [-0.4, -0.2) is 34.8 Å². The average Bonchev–Trinajstić information content (AvgIpc) is 2.66. The molecule has 0 aromatic heterocycles. The number of rotatable bonds is 10. The van der Waals surface area contributed by atoms with E-state index in [4.69, 9.17) is 38.8 Å². The van der Waals surface area contributed by atoms with Gasteiger partial charge in [0.1, 0.15) is 17.5 Å². The molecule has 0 fully saturated rings. The number of benzene rings is 2. The van der Waals surface area contributed by atoms with Crippen LogP contribution in [-0.2, 0) is 4.79 Å². The Morgan fingerprint density at radius 2 is 1.73 bits per heavy atom. The maximum atomic E-state index is 13.5. The van der Waals surface area contributed by atoms with Gasteiger partial charge in [0.05, 0.1) is 10.9 Å². The molecule has 0 heterocycles. The van der Waals surface area contributed by atoms with Crippen LogP contribution in [0.15, 0.2) is 42.5 Å². The van der Waals surface area contributed by atoms with E-state index in [0.29, 0.717) is 27.3 Å². The van der Waals surface area contributed by atoms with Gasteiger partial charge in [0.2, 0.25) is 0 Å². The van der Waals surface area contributed by atoms with Gasteiger partial charge in [-0.25, -0.2) is 0 Å². The Bertz CT molecular complexity index is 850. The molecule has 2 atom stereocenters. The molecule has 0 aliphatic rings. The molecule has 3 N–H and O–H groups in total. The number of hydrogen-bond donors (Lipinski definition) is 2. The number of alkyl halides is 3. The monoisotopic (exact) mass is 481 g/mol. The summed E-state index contributed by atoms with van der Waals surface area (Å²) >= 11 is 13.1. The molecule has 2 rings (SSSR count). The predicted molar refractivity (Wildman–Crippen MR) is 114 cm³/mol. The molecule has 4 nitrogen and oxygen atoms in total. The molecule has 0 saturated heterocycles. The van der Waals surface area contributed by atoms with Gasteiger partial charge in [-0.1, -0.05) is 35.3 Å². The van der Waals surface area contributed by atoms with E-state index in [1.54, 1.807) is 12.1 Å². The molecule has 0 spiro atoms. The third kappa shape index (κ3) is 7.58. The van der Waals surface area contributed by atoms with Crippen LogP contribution in [0.4, 0.5) is 13.2 Å². The number of carbonyl (C=O) groups is 1. The van der Waals surface area contributed by atoms with E-state index in [9.17, 15) is 18.0 Å². The summed E-state index contributed by atoms with van der Waals surface area (Å²) in [6, 6.07) is 9.34. The van der Waals surface area contributed by atoms with Gasteiger partial charge in [0.15, 0.2) is 0 Å². The lowest BCUT2D eigenvalue weighted by molar-refractivity contribution is -0.150. The highest BCUT2D eigenvalue weighted by Gasteiger charge is 2.40. The minimum atomic E-state index is -4.40. The minimum Gasteiger partial charge on any atom is -0.480 e. The Kier molecular flexibility index (Phi) is 9.15. The van der Waals surface area contributed by atoms with Crippen molar-refractivity contribution in [2.75, 3.05) is 11.5 Å². The van der Waals surface area contributed by atoms with Crippen molar-refractivity contribution in [3.05, 3.63) is 58.1 Å². The fourth-order valence-corrected chi connectivity index (χ4v) is 4.08. The fraction of sp³-hybridized carbons (Fsp3) is 0.350.